The van der Waals surface area contributed by atoms with Crippen LogP contribution in [0.4, 0.5) is 0 Å². The zero-order valence-electron chi connectivity index (χ0n) is 52.1. The highest BCUT2D eigenvalue weighted by atomic mass is 16.7. The molecule has 7 atom stereocenters. The van der Waals surface area contributed by atoms with Crippen LogP contribution in [0.25, 0.3) is 0 Å². The summed E-state index contributed by atoms with van der Waals surface area (Å²) in [5, 5.41) is 54.7. The first-order valence-corrected chi connectivity index (χ1v) is 34.2. The van der Waals surface area contributed by atoms with Crippen molar-refractivity contribution >= 4 is 5.91 Å². The summed E-state index contributed by atoms with van der Waals surface area (Å²) in [4.78, 5) is 13.1. The Morgan fingerprint density at radius 1 is 0.438 bits per heavy atom. The van der Waals surface area contributed by atoms with Crippen LogP contribution in [0.5, 0.6) is 0 Å². The van der Waals surface area contributed by atoms with E-state index in [4.69, 9.17) is 9.47 Å². The molecule has 0 bridgehead atoms. The molecule has 1 saturated heterocycles. The number of hydrogen-bond acceptors (Lipinski definition) is 8. The van der Waals surface area contributed by atoms with Crippen molar-refractivity contribution in [2.24, 2.45) is 0 Å². The van der Waals surface area contributed by atoms with Gasteiger partial charge in [0, 0.05) is 6.42 Å². The molecule has 1 heterocycles. The number of aliphatic hydroxyl groups excluding tert-OH is 5. The minimum absolute atomic E-state index is 0.188. The summed E-state index contributed by atoms with van der Waals surface area (Å²) in [6.45, 7) is 3.69. The van der Waals surface area contributed by atoms with Gasteiger partial charge in [-0.15, -0.1) is 0 Å². The van der Waals surface area contributed by atoms with Crippen molar-refractivity contribution in [3.63, 3.8) is 0 Å². The van der Waals surface area contributed by atoms with Crippen LogP contribution in [0.3, 0.4) is 0 Å². The molecule has 0 aromatic carbocycles. The van der Waals surface area contributed by atoms with E-state index in [0.717, 1.165) is 64.2 Å². The van der Waals surface area contributed by atoms with Crippen LogP contribution < -0.4 is 5.32 Å². The number of nitrogens with one attached hydrogen (secondary N) is 1. The summed E-state index contributed by atoms with van der Waals surface area (Å²) >= 11 is 0. The molecule has 6 N–H and O–H groups in total. The maximum absolute atomic E-state index is 13.1. The van der Waals surface area contributed by atoms with E-state index in [9.17, 15) is 30.3 Å². The summed E-state index contributed by atoms with van der Waals surface area (Å²) in [5.74, 6) is -0.188. The topological polar surface area (TPSA) is 149 Å². The number of unbranched alkanes of at least 4 members (excludes halogenated alkanes) is 39. The van der Waals surface area contributed by atoms with Gasteiger partial charge in [0.15, 0.2) is 6.29 Å². The van der Waals surface area contributed by atoms with Crippen LogP contribution in [0, 0.1) is 0 Å². The molecule has 0 spiro atoms. The molecule has 1 amide bonds. The number of allylic oxidation sites excluding steroid dienone is 11. The maximum atomic E-state index is 13.1. The third kappa shape index (κ3) is 48.0. The first-order valence-electron chi connectivity index (χ1n) is 34.2. The van der Waals surface area contributed by atoms with Crippen molar-refractivity contribution in [1.82, 2.24) is 5.32 Å². The van der Waals surface area contributed by atoms with Gasteiger partial charge in [0.05, 0.1) is 25.4 Å². The number of hydrogen-bond donors (Lipinski definition) is 6. The van der Waals surface area contributed by atoms with Gasteiger partial charge in [-0.05, 0) is 70.6 Å². The standard InChI is InChI=1S/C71H129NO8/c1-3-5-7-9-11-13-15-17-19-21-23-25-27-29-30-31-32-33-34-35-37-38-40-42-44-46-48-50-52-54-56-58-60-65(74)64(63-79-71-70(78)69(77)68(76)66(62-73)80-71)72-67(75)61-59-57-55-53-51-49-47-45-43-41-39-36-28-26-24-22-20-18-16-14-12-10-8-6-4-2/h6,8,12,14,18,20,24,26,50,52,58,60,64-66,68-71,73-74,76-78H,3-5,7,9-11,13,15-17,19,21-23,25,27-49,51,53-57,59,61-63H2,1-2H3,(H,72,75)/b8-6-,14-12-,20-18-,26-24-,52-50+,60-58+. The third-order valence-corrected chi connectivity index (χ3v) is 16.0. The molecule has 0 aromatic rings. The average Bonchev–Trinajstić information content (AvgIpc) is 3.46. The zero-order chi connectivity index (χ0) is 57.9. The van der Waals surface area contributed by atoms with E-state index in [2.05, 4.69) is 79.9 Å². The number of carbonyl (C=O) groups is 1. The molecule has 1 rings (SSSR count). The summed E-state index contributed by atoms with van der Waals surface area (Å²) in [7, 11) is 0. The van der Waals surface area contributed by atoms with E-state index in [-0.39, 0.29) is 12.5 Å². The molecule has 1 aliphatic heterocycles. The minimum Gasteiger partial charge on any atom is -0.394 e. The smallest absolute Gasteiger partial charge is 0.220 e. The van der Waals surface area contributed by atoms with E-state index >= 15 is 0 Å². The third-order valence-electron chi connectivity index (χ3n) is 16.0. The summed E-state index contributed by atoms with van der Waals surface area (Å²) in [5.41, 5.74) is 0. The highest BCUT2D eigenvalue weighted by Crippen LogP contribution is 2.23. The SMILES string of the molecule is CC/C=C\C/C=C\C/C=C\C/C=C\CCCCCCCCCCCCCCC(=O)NC(COC1OC(CO)C(O)C(O)C1O)C(O)/C=C/CC/C=C/CCCCCCCCCCCCCCCCCCCCCCCCCCCC. The van der Waals surface area contributed by atoms with Crippen molar-refractivity contribution in [1.29, 1.82) is 0 Å². The number of aliphatic hydroxyl groups is 5. The molecular formula is C71H129NO8. The van der Waals surface area contributed by atoms with E-state index < -0.39 is 49.5 Å². The first kappa shape index (κ1) is 75.6. The molecule has 0 saturated carbocycles. The van der Waals surface area contributed by atoms with Gasteiger partial charge in [-0.1, -0.05) is 311 Å². The molecule has 7 unspecified atom stereocenters. The fourth-order valence-electron chi connectivity index (χ4n) is 10.7. The Labute approximate surface area is 493 Å². The van der Waals surface area contributed by atoms with Crippen molar-refractivity contribution in [2.75, 3.05) is 13.2 Å². The van der Waals surface area contributed by atoms with E-state index in [1.54, 1.807) is 6.08 Å². The summed E-state index contributed by atoms with van der Waals surface area (Å²) < 4.78 is 11.3. The lowest BCUT2D eigenvalue weighted by molar-refractivity contribution is -0.302. The van der Waals surface area contributed by atoms with Crippen LogP contribution in [0.1, 0.15) is 316 Å². The van der Waals surface area contributed by atoms with Gasteiger partial charge in [0.1, 0.15) is 24.4 Å². The number of carbonyl (C=O) groups excluding carboxylic acids is 1. The fourth-order valence-corrected chi connectivity index (χ4v) is 10.7. The molecule has 0 aromatic heterocycles. The molecule has 1 fully saturated rings. The molecule has 80 heavy (non-hydrogen) atoms. The van der Waals surface area contributed by atoms with Gasteiger partial charge in [0.2, 0.25) is 5.91 Å². The van der Waals surface area contributed by atoms with E-state index in [1.165, 1.54) is 231 Å². The van der Waals surface area contributed by atoms with Gasteiger partial charge in [-0.3, -0.25) is 4.79 Å². The normalized spacial score (nSPS) is 18.9. The van der Waals surface area contributed by atoms with Gasteiger partial charge < -0.3 is 40.3 Å². The van der Waals surface area contributed by atoms with Gasteiger partial charge >= 0.3 is 0 Å². The second-order valence-corrected chi connectivity index (χ2v) is 23.6. The molecule has 9 heteroatoms. The lowest BCUT2D eigenvalue weighted by Crippen LogP contribution is -2.60. The van der Waals surface area contributed by atoms with Crippen molar-refractivity contribution in [3.8, 4) is 0 Å². The highest BCUT2D eigenvalue weighted by molar-refractivity contribution is 5.76. The van der Waals surface area contributed by atoms with Gasteiger partial charge in [-0.2, -0.15) is 0 Å². The Morgan fingerprint density at radius 3 is 1.20 bits per heavy atom. The quantitative estimate of drug-likeness (QED) is 0.0261. The van der Waals surface area contributed by atoms with Crippen molar-refractivity contribution < 1.29 is 39.8 Å². The van der Waals surface area contributed by atoms with Crippen LogP contribution >= 0.6 is 0 Å². The predicted octanol–water partition coefficient (Wildman–Crippen LogP) is 18.4. The van der Waals surface area contributed by atoms with Crippen LogP contribution in [-0.2, 0) is 14.3 Å². The van der Waals surface area contributed by atoms with Crippen LogP contribution in [0.2, 0.25) is 0 Å². The molecular weight excluding hydrogens is 995 g/mol. The zero-order valence-corrected chi connectivity index (χ0v) is 52.1. The minimum atomic E-state index is -1.58. The highest BCUT2D eigenvalue weighted by Gasteiger charge is 2.44. The molecule has 466 valence electrons. The predicted molar refractivity (Wildman–Crippen MR) is 341 cm³/mol. The first-order chi connectivity index (χ1) is 39.3. The Bertz CT molecular complexity index is 1490. The van der Waals surface area contributed by atoms with Crippen molar-refractivity contribution in [3.05, 3.63) is 72.9 Å². The Kier molecular flexibility index (Phi) is 56.5. The Balaban J connectivity index is 2.16. The number of amides is 1. The largest absolute Gasteiger partial charge is 0.394 e. The van der Waals surface area contributed by atoms with E-state index in [0.29, 0.717) is 6.42 Å². The fraction of sp³-hybridized carbons (Fsp3) is 0.817. The van der Waals surface area contributed by atoms with Crippen molar-refractivity contribution in [2.45, 2.75) is 358 Å². The molecule has 0 aliphatic carbocycles. The number of ether oxygens (including phenoxy) is 2. The lowest BCUT2D eigenvalue weighted by atomic mass is 9.99. The maximum Gasteiger partial charge on any atom is 0.220 e. The van der Waals surface area contributed by atoms with E-state index in [1.807, 2.05) is 6.08 Å². The van der Waals surface area contributed by atoms with Gasteiger partial charge in [-0.25, -0.2) is 0 Å². The lowest BCUT2D eigenvalue weighted by Gasteiger charge is -2.40. The second-order valence-electron chi connectivity index (χ2n) is 23.6. The van der Waals surface area contributed by atoms with Crippen LogP contribution in [0.15, 0.2) is 72.9 Å². The van der Waals surface area contributed by atoms with Gasteiger partial charge in [0.25, 0.3) is 0 Å². The molecule has 1 aliphatic rings. The Morgan fingerprint density at radius 2 is 0.787 bits per heavy atom. The monoisotopic (exact) mass is 1120 g/mol. The number of rotatable bonds is 59. The summed E-state index contributed by atoms with van der Waals surface area (Å²) in [6, 6.07) is -0.828. The molecule has 9 nitrogen and oxygen atoms in total. The Hall–Kier alpha value is -2.37. The summed E-state index contributed by atoms with van der Waals surface area (Å²) in [6.07, 6.45) is 77.2. The molecule has 0 radical (unpaired) electrons. The van der Waals surface area contributed by atoms with Crippen LogP contribution in [-0.4, -0.2) is 87.5 Å². The second kappa shape index (κ2) is 59.8. The average molecular weight is 1120 g/mol.